The molecule has 0 fully saturated rings. The van der Waals surface area contributed by atoms with Gasteiger partial charge in [0.15, 0.2) is 0 Å². The molecule has 1 unspecified atom stereocenters. The molecular formula is C46H54N4O. The fourth-order valence-electron chi connectivity index (χ4n) is 8.61. The Balaban J connectivity index is 1.35. The maximum Gasteiger partial charge on any atom is 0.137 e. The van der Waals surface area contributed by atoms with Crippen molar-refractivity contribution in [3.8, 4) is 23.0 Å². The maximum atomic E-state index is 6.83. The van der Waals surface area contributed by atoms with Gasteiger partial charge in [0.25, 0.3) is 0 Å². The highest BCUT2D eigenvalue weighted by atomic mass is 16.5. The van der Waals surface area contributed by atoms with Crippen LogP contribution in [0.15, 0.2) is 90.6 Å². The monoisotopic (exact) mass is 678 g/mol. The smallest absolute Gasteiger partial charge is 0.137 e. The van der Waals surface area contributed by atoms with E-state index in [-0.39, 0.29) is 0 Å². The van der Waals surface area contributed by atoms with Gasteiger partial charge in [0.2, 0.25) is 0 Å². The van der Waals surface area contributed by atoms with Crippen molar-refractivity contribution in [2.45, 2.75) is 106 Å². The molecule has 51 heavy (non-hydrogen) atoms. The molecule has 3 aromatic heterocycles. The number of ether oxygens (including phenoxy) is 1. The summed E-state index contributed by atoms with van der Waals surface area (Å²) in [6, 6.07) is 26.1. The average molecular weight is 679 g/mol. The highest BCUT2D eigenvalue weighted by Gasteiger charge is 2.33. The molecule has 0 aliphatic heterocycles. The van der Waals surface area contributed by atoms with Crippen LogP contribution in [-0.2, 0) is 19.3 Å². The summed E-state index contributed by atoms with van der Waals surface area (Å²) in [7, 11) is 0. The third-order valence-electron chi connectivity index (χ3n) is 10.9. The first-order valence-corrected chi connectivity index (χ1v) is 19.3. The SMILES string of the molecule is CCCc1nn(-c2cc(Oc3ccc4c5ccccc5n(-c5cc(CC)ccn5)c4c3)cc(C(C)C)c2)c(CCC)c1C1C(C)=C[C@H](C)C[C@@H]1C. The minimum atomic E-state index is 0.332. The number of benzene rings is 3. The lowest BCUT2D eigenvalue weighted by Crippen LogP contribution is -2.21. The molecule has 0 saturated carbocycles. The molecule has 264 valence electrons. The minimum Gasteiger partial charge on any atom is -0.457 e. The minimum absolute atomic E-state index is 0.332. The molecular weight excluding hydrogens is 625 g/mol. The first-order chi connectivity index (χ1) is 24.7. The predicted octanol–water partition coefficient (Wildman–Crippen LogP) is 12.5. The molecule has 1 aliphatic carbocycles. The van der Waals surface area contributed by atoms with Crippen molar-refractivity contribution in [2.75, 3.05) is 0 Å². The molecule has 7 rings (SSSR count). The van der Waals surface area contributed by atoms with Crippen molar-refractivity contribution in [1.29, 1.82) is 0 Å². The van der Waals surface area contributed by atoms with Crippen molar-refractivity contribution >= 4 is 21.8 Å². The first-order valence-electron chi connectivity index (χ1n) is 19.3. The van der Waals surface area contributed by atoms with E-state index in [2.05, 4.69) is 144 Å². The topological polar surface area (TPSA) is 44.9 Å². The normalized spacial score (nSPS) is 17.8. The molecule has 0 amide bonds. The Morgan fingerprint density at radius 2 is 1.63 bits per heavy atom. The molecule has 5 nitrogen and oxygen atoms in total. The summed E-state index contributed by atoms with van der Waals surface area (Å²) in [5, 5.41) is 7.84. The fraction of sp³-hybridized carbons (Fsp3) is 0.391. The van der Waals surface area contributed by atoms with Gasteiger partial charge in [-0.1, -0.05) is 91.2 Å². The lowest BCUT2D eigenvalue weighted by atomic mass is 9.72. The second-order valence-corrected chi connectivity index (χ2v) is 15.2. The van der Waals surface area contributed by atoms with Gasteiger partial charge in [-0.2, -0.15) is 5.10 Å². The number of aromatic nitrogens is 4. The van der Waals surface area contributed by atoms with Crippen LogP contribution in [0.1, 0.15) is 115 Å². The van der Waals surface area contributed by atoms with Gasteiger partial charge in [0.1, 0.15) is 17.3 Å². The zero-order chi connectivity index (χ0) is 35.8. The molecule has 5 heteroatoms. The molecule has 0 saturated heterocycles. The van der Waals surface area contributed by atoms with Crippen LogP contribution in [0.2, 0.25) is 0 Å². The Morgan fingerprint density at radius 1 is 0.843 bits per heavy atom. The number of allylic oxidation sites excluding steroid dienone is 2. The van der Waals surface area contributed by atoms with Gasteiger partial charge in [-0.25, -0.2) is 9.67 Å². The van der Waals surface area contributed by atoms with Gasteiger partial charge < -0.3 is 4.74 Å². The highest BCUT2D eigenvalue weighted by molar-refractivity contribution is 6.09. The van der Waals surface area contributed by atoms with E-state index in [1.165, 1.54) is 50.8 Å². The van der Waals surface area contributed by atoms with E-state index in [1.54, 1.807) is 0 Å². The maximum absolute atomic E-state index is 6.83. The van der Waals surface area contributed by atoms with Gasteiger partial charge in [-0.15, -0.1) is 0 Å². The number of hydrogen-bond donors (Lipinski definition) is 0. The van der Waals surface area contributed by atoms with Crippen LogP contribution < -0.4 is 4.74 Å². The number of nitrogens with zero attached hydrogens (tertiary/aromatic N) is 4. The van der Waals surface area contributed by atoms with E-state index in [1.807, 2.05) is 6.20 Å². The molecule has 3 heterocycles. The Hall–Kier alpha value is -4.64. The second kappa shape index (κ2) is 14.5. The molecule has 6 aromatic rings. The predicted molar refractivity (Wildman–Crippen MR) is 213 cm³/mol. The van der Waals surface area contributed by atoms with E-state index in [0.29, 0.717) is 23.7 Å². The molecule has 0 N–H and O–H groups in total. The summed E-state index contributed by atoms with van der Waals surface area (Å²) in [5.74, 6) is 4.51. The van der Waals surface area contributed by atoms with Crippen molar-refractivity contribution in [2.24, 2.45) is 11.8 Å². The zero-order valence-corrected chi connectivity index (χ0v) is 31.8. The summed E-state index contributed by atoms with van der Waals surface area (Å²) >= 11 is 0. The van der Waals surface area contributed by atoms with Crippen LogP contribution in [0.4, 0.5) is 0 Å². The summed E-state index contributed by atoms with van der Waals surface area (Å²) in [5.41, 5.74) is 11.4. The summed E-state index contributed by atoms with van der Waals surface area (Å²) in [4.78, 5) is 4.82. The van der Waals surface area contributed by atoms with Crippen molar-refractivity contribution in [3.63, 3.8) is 0 Å². The van der Waals surface area contributed by atoms with E-state index in [9.17, 15) is 0 Å². The van der Waals surface area contributed by atoms with Crippen LogP contribution in [0.25, 0.3) is 33.3 Å². The highest BCUT2D eigenvalue weighted by Crippen LogP contribution is 2.44. The summed E-state index contributed by atoms with van der Waals surface area (Å²) in [6.45, 7) is 18.4. The number of pyridine rings is 1. The number of para-hydroxylation sites is 1. The van der Waals surface area contributed by atoms with E-state index >= 15 is 0 Å². The van der Waals surface area contributed by atoms with Crippen molar-refractivity contribution in [3.05, 3.63) is 119 Å². The number of rotatable bonds is 11. The van der Waals surface area contributed by atoms with Crippen LogP contribution >= 0.6 is 0 Å². The zero-order valence-electron chi connectivity index (χ0n) is 31.8. The Bertz CT molecular complexity index is 2220. The van der Waals surface area contributed by atoms with Gasteiger partial charge in [0, 0.05) is 46.3 Å². The molecule has 0 spiro atoms. The van der Waals surface area contributed by atoms with Gasteiger partial charge in [-0.3, -0.25) is 4.57 Å². The average Bonchev–Trinajstić information content (AvgIpc) is 3.63. The third-order valence-corrected chi connectivity index (χ3v) is 10.9. The van der Waals surface area contributed by atoms with Gasteiger partial charge in [-0.05, 0) is 104 Å². The fourth-order valence-corrected chi connectivity index (χ4v) is 8.61. The largest absolute Gasteiger partial charge is 0.457 e. The lowest BCUT2D eigenvalue weighted by molar-refractivity contribution is 0.389. The first kappa shape index (κ1) is 34.8. The summed E-state index contributed by atoms with van der Waals surface area (Å²) in [6.07, 6.45) is 10.7. The molecule has 0 bridgehead atoms. The third kappa shape index (κ3) is 6.64. The second-order valence-electron chi connectivity index (χ2n) is 15.2. The molecule has 3 aromatic carbocycles. The van der Waals surface area contributed by atoms with Crippen LogP contribution in [-0.4, -0.2) is 19.3 Å². The van der Waals surface area contributed by atoms with E-state index < -0.39 is 0 Å². The standard InChI is InChI=1S/C46H54N4O/c1-9-14-40-46(45-31(7)22-30(6)23-32(45)8)42(15-10-2)50(48-40)35-25-34(29(4)5)26-37(27-35)51-36-18-19-39-38-16-12-13-17-41(38)49(43(39)28-36)44-24-33(11-3)20-21-47-44/h12-13,16-22,24-30,32,45H,9-11,14-15,23H2,1-8H3/t30-,32-,45?/m0/s1. The molecule has 1 aliphatic rings. The number of aryl methyl sites for hydroxylation is 2. The van der Waals surface area contributed by atoms with Crippen molar-refractivity contribution < 1.29 is 4.74 Å². The van der Waals surface area contributed by atoms with Gasteiger partial charge in [0.05, 0.1) is 22.4 Å². The van der Waals surface area contributed by atoms with Crippen LogP contribution in [0.5, 0.6) is 11.5 Å². The Labute approximate surface area is 304 Å². The van der Waals surface area contributed by atoms with Gasteiger partial charge >= 0.3 is 0 Å². The van der Waals surface area contributed by atoms with E-state index in [4.69, 9.17) is 14.8 Å². The molecule has 3 atom stereocenters. The van der Waals surface area contributed by atoms with Crippen LogP contribution in [0, 0.1) is 11.8 Å². The quantitative estimate of drug-likeness (QED) is 0.128. The van der Waals surface area contributed by atoms with Crippen molar-refractivity contribution in [1.82, 2.24) is 19.3 Å². The lowest BCUT2D eigenvalue weighted by Gasteiger charge is -2.33. The molecule has 0 radical (unpaired) electrons. The van der Waals surface area contributed by atoms with E-state index in [0.717, 1.165) is 66.1 Å². The Morgan fingerprint density at radius 3 is 2.37 bits per heavy atom. The number of hydrogen-bond acceptors (Lipinski definition) is 3. The summed E-state index contributed by atoms with van der Waals surface area (Å²) < 4.78 is 11.4. The Kier molecular flexibility index (Phi) is 9.92. The number of fused-ring (bicyclic) bond motifs is 3. The van der Waals surface area contributed by atoms with Crippen LogP contribution in [0.3, 0.4) is 0 Å².